The fraction of sp³-hybridized carbons (Fsp3) is 0.263. The van der Waals surface area contributed by atoms with E-state index in [0.29, 0.717) is 0 Å². The average molecular weight is 371 g/mol. The van der Waals surface area contributed by atoms with Crippen LogP contribution in [-0.4, -0.2) is 16.1 Å². The van der Waals surface area contributed by atoms with Gasteiger partial charge in [-0.3, -0.25) is 0 Å². The Hall–Kier alpha value is -0.946. The van der Waals surface area contributed by atoms with Crippen LogP contribution in [0.2, 0.25) is 26.2 Å². The predicted octanol–water partition coefficient (Wildman–Crippen LogP) is 3.74. The van der Waals surface area contributed by atoms with Crippen molar-refractivity contribution in [3.05, 3.63) is 47.3 Å². The molecule has 0 N–H and O–H groups in total. The van der Waals surface area contributed by atoms with E-state index in [9.17, 15) is 0 Å². The molecular formula is C19H22S2Si2. The molecule has 0 spiro atoms. The molecule has 1 aromatic carbocycles. The predicted molar refractivity (Wildman–Crippen MR) is 112 cm³/mol. The summed E-state index contributed by atoms with van der Waals surface area (Å²) in [6.07, 6.45) is 0. The minimum Gasteiger partial charge on any atom is -0.144 e. The standard InChI is InChI=1S/C19H22S2Si2/c1-13-11-15-18(20-13)19-16(12-17(21-19)22(2,3)4)23(15,5)14-9-7-6-8-10-14/h6-12H,1-5H3. The van der Waals surface area contributed by atoms with Gasteiger partial charge in [-0.2, -0.15) is 0 Å². The molecule has 2 aromatic heterocycles. The minimum atomic E-state index is -1.80. The Morgan fingerprint density at radius 3 is 2.13 bits per heavy atom. The van der Waals surface area contributed by atoms with Crippen LogP contribution in [0.3, 0.4) is 0 Å². The SMILES string of the molecule is Cc1cc2c(s1)-c1sc([Si](C)(C)C)cc1[Si]2(C)c1ccccc1. The lowest BCUT2D eigenvalue weighted by Crippen LogP contribution is -2.62. The van der Waals surface area contributed by atoms with Gasteiger partial charge in [0.1, 0.15) is 8.07 Å². The molecule has 0 fully saturated rings. The van der Waals surface area contributed by atoms with Crippen LogP contribution < -0.4 is 20.1 Å². The van der Waals surface area contributed by atoms with Crippen LogP contribution in [0.5, 0.6) is 0 Å². The molecule has 1 unspecified atom stereocenters. The first-order valence-electron chi connectivity index (χ1n) is 8.13. The maximum Gasteiger partial charge on any atom is 0.149 e. The van der Waals surface area contributed by atoms with Crippen molar-refractivity contribution in [1.29, 1.82) is 0 Å². The zero-order valence-electron chi connectivity index (χ0n) is 14.4. The van der Waals surface area contributed by atoms with E-state index in [1.54, 1.807) is 29.8 Å². The van der Waals surface area contributed by atoms with E-state index < -0.39 is 16.1 Å². The van der Waals surface area contributed by atoms with Gasteiger partial charge in [0, 0.05) is 14.6 Å². The summed E-state index contributed by atoms with van der Waals surface area (Å²) < 4.78 is 1.66. The van der Waals surface area contributed by atoms with E-state index >= 15 is 0 Å². The van der Waals surface area contributed by atoms with E-state index in [-0.39, 0.29) is 0 Å². The van der Waals surface area contributed by atoms with Crippen molar-refractivity contribution in [2.75, 3.05) is 0 Å². The molecule has 3 heterocycles. The number of benzene rings is 1. The van der Waals surface area contributed by atoms with Crippen LogP contribution in [0.25, 0.3) is 9.75 Å². The summed E-state index contributed by atoms with van der Waals surface area (Å²) in [7, 11) is -3.06. The Balaban J connectivity index is 2.03. The smallest absolute Gasteiger partial charge is 0.144 e. The lowest BCUT2D eigenvalue weighted by molar-refractivity contribution is 1.65. The molecule has 0 saturated heterocycles. The number of rotatable bonds is 2. The largest absolute Gasteiger partial charge is 0.149 e. The van der Waals surface area contributed by atoms with E-state index in [1.165, 1.54) is 4.88 Å². The van der Waals surface area contributed by atoms with Gasteiger partial charge in [-0.05, 0) is 33.1 Å². The highest BCUT2D eigenvalue weighted by molar-refractivity contribution is 7.36. The molecule has 1 atom stereocenters. The summed E-state index contributed by atoms with van der Waals surface area (Å²) in [4.78, 5) is 4.62. The summed E-state index contributed by atoms with van der Waals surface area (Å²) in [5, 5.41) is 4.87. The quantitative estimate of drug-likeness (QED) is 0.603. The van der Waals surface area contributed by atoms with Gasteiger partial charge in [-0.25, -0.2) is 0 Å². The zero-order valence-corrected chi connectivity index (χ0v) is 18.0. The first-order valence-corrected chi connectivity index (χ1v) is 15.8. The minimum absolute atomic E-state index is 1.26. The molecule has 0 radical (unpaired) electrons. The van der Waals surface area contributed by atoms with Crippen molar-refractivity contribution in [2.45, 2.75) is 33.1 Å². The molecule has 3 aromatic rings. The van der Waals surface area contributed by atoms with E-state index in [2.05, 4.69) is 86.9 Å². The van der Waals surface area contributed by atoms with Crippen molar-refractivity contribution in [2.24, 2.45) is 0 Å². The summed E-state index contributed by atoms with van der Waals surface area (Å²) in [5.41, 5.74) is 0. The molecule has 0 saturated carbocycles. The lowest BCUT2D eigenvalue weighted by atomic mass is 10.4. The van der Waals surface area contributed by atoms with Gasteiger partial charge in [0.2, 0.25) is 0 Å². The Kier molecular flexibility index (Phi) is 3.40. The first-order chi connectivity index (χ1) is 10.8. The highest BCUT2D eigenvalue weighted by Crippen LogP contribution is 2.37. The Morgan fingerprint density at radius 2 is 1.48 bits per heavy atom. The lowest BCUT2D eigenvalue weighted by Gasteiger charge is -2.24. The number of hydrogen-bond acceptors (Lipinski definition) is 2. The summed E-state index contributed by atoms with van der Waals surface area (Å²) in [5.74, 6) is 0. The van der Waals surface area contributed by atoms with Gasteiger partial charge in [0.05, 0.1) is 8.07 Å². The first kappa shape index (κ1) is 15.6. The van der Waals surface area contributed by atoms with Crippen LogP contribution >= 0.6 is 22.7 Å². The Labute approximate surface area is 148 Å². The summed E-state index contributed by atoms with van der Waals surface area (Å²) in [6, 6.07) is 16.3. The van der Waals surface area contributed by atoms with Gasteiger partial charge >= 0.3 is 0 Å². The van der Waals surface area contributed by atoms with E-state index in [1.807, 2.05) is 11.3 Å². The van der Waals surface area contributed by atoms with Crippen LogP contribution in [-0.2, 0) is 0 Å². The number of fused-ring (bicyclic) bond motifs is 3. The molecule has 118 valence electrons. The number of thiophene rings is 2. The molecule has 1 aliphatic heterocycles. The molecule has 4 rings (SSSR count). The van der Waals surface area contributed by atoms with E-state index in [0.717, 1.165) is 0 Å². The highest BCUT2D eigenvalue weighted by Gasteiger charge is 2.46. The van der Waals surface area contributed by atoms with Crippen molar-refractivity contribution in [1.82, 2.24) is 0 Å². The molecule has 1 aliphatic rings. The summed E-state index contributed by atoms with van der Waals surface area (Å²) in [6.45, 7) is 12.2. The number of aryl methyl sites for hydroxylation is 1. The average Bonchev–Trinajstić information content (AvgIpc) is 3.14. The van der Waals surface area contributed by atoms with Crippen LogP contribution in [0, 0.1) is 6.92 Å². The van der Waals surface area contributed by atoms with Gasteiger partial charge in [-0.15, -0.1) is 22.7 Å². The van der Waals surface area contributed by atoms with Gasteiger partial charge < -0.3 is 0 Å². The molecule has 0 nitrogen and oxygen atoms in total. The summed E-state index contributed by atoms with van der Waals surface area (Å²) >= 11 is 4.09. The maximum atomic E-state index is 2.59. The molecule has 0 aliphatic carbocycles. The molecule has 4 heteroatoms. The maximum absolute atomic E-state index is 2.59. The second-order valence-corrected chi connectivity index (χ2v) is 19.3. The topological polar surface area (TPSA) is 0 Å². The molecular weight excluding hydrogens is 349 g/mol. The van der Waals surface area contributed by atoms with Crippen molar-refractivity contribution >= 4 is 58.9 Å². The Bertz CT molecular complexity index is 884. The molecule has 23 heavy (non-hydrogen) atoms. The fourth-order valence-corrected chi connectivity index (χ4v) is 13.5. The van der Waals surface area contributed by atoms with Crippen LogP contribution in [0.4, 0.5) is 0 Å². The normalized spacial score (nSPS) is 19.7. The third-order valence-corrected chi connectivity index (χ3v) is 15.7. The molecule has 0 amide bonds. The number of hydrogen-bond donors (Lipinski definition) is 0. The van der Waals surface area contributed by atoms with Gasteiger partial charge in [0.15, 0.2) is 0 Å². The van der Waals surface area contributed by atoms with Crippen molar-refractivity contribution < 1.29 is 0 Å². The van der Waals surface area contributed by atoms with Crippen LogP contribution in [0.15, 0.2) is 42.5 Å². The monoisotopic (exact) mass is 370 g/mol. The third-order valence-electron chi connectivity index (χ3n) is 4.96. The zero-order chi connectivity index (χ0) is 16.4. The van der Waals surface area contributed by atoms with Gasteiger partial charge in [-0.1, -0.05) is 62.6 Å². The third kappa shape index (κ3) is 2.19. The second-order valence-electron chi connectivity index (χ2n) is 7.69. The van der Waals surface area contributed by atoms with Crippen molar-refractivity contribution in [3.63, 3.8) is 0 Å². The van der Waals surface area contributed by atoms with E-state index in [4.69, 9.17) is 0 Å². The highest BCUT2D eigenvalue weighted by atomic mass is 32.1. The van der Waals surface area contributed by atoms with Crippen molar-refractivity contribution in [3.8, 4) is 9.75 Å². The molecule has 0 bridgehead atoms. The Morgan fingerprint density at radius 1 is 0.870 bits per heavy atom. The van der Waals surface area contributed by atoms with Crippen LogP contribution in [0.1, 0.15) is 4.88 Å². The second kappa shape index (κ2) is 5.02. The fourth-order valence-electron chi connectivity index (χ4n) is 3.58. The van der Waals surface area contributed by atoms with Gasteiger partial charge in [0.25, 0.3) is 0 Å².